The van der Waals surface area contributed by atoms with Crippen molar-refractivity contribution in [3.63, 3.8) is 0 Å². The molecule has 0 aromatic carbocycles. The van der Waals surface area contributed by atoms with E-state index < -0.39 is 11.9 Å². The summed E-state index contributed by atoms with van der Waals surface area (Å²) in [4.78, 5) is 9.80. The molecule has 0 spiro atoms. The molecule has 1 amide bonds. The Hall–Kier alpha value is -0.570. The third-order valence-electron chi connectivity index (χ3n) is 1.45. The second-order valence-electron chi connectivity index (χ2n) is 4.50. The zero-order valence-electron chi connectivity index (χ0n) is 9.55. The Morgan fingerprint density at radius 3 is 1.69 bits per heavy atom. The van der Waals surface area contributed by atoms with Crippen LogP contribution in [0.1, 0.15) is 47.5 Å². The van der Waals surface area contributed by atoms with Gasteiger partial charge in [0.05, 0.1) is 6.04 Å². The summed E-state index contributed by atoms with van der Waals surface area (Å²) in [6.45, 7) is 10.6. The third kappa shape index (κ3) is 18.4. The lowest BCUT2D eigenvalue weighted by Crippen LogP contribution is -2.32. The van der Waals surface area contributed by atoms with Crippen molar-refractivity contribution in [2.75, 3.05) is 0 Å². The summed E-state index contributed by atoms with van der Waals surface area (Å²) in [7, 11) is 0. The van der Waals surface area contributed by atoms with Crippen molar-refractivity contribution in [1.29, 1.82) is 0 Å². The predicted molar refractivity (Wildman–Crippen MR) is 57.2 cm³/mol. The summed E-state index contributed by atoms with van der Waals surface area (Å²) in [5.41, 5.74) is 10.2. The van der Waals surface area contributed by atoms with E-state index in [1.807, 2.05) is 0 Å². The first kappa shape index (κ1) is 14.9. The van der Waals surface area contributed by atoms with Crippen molar-refractivity contribution in [3.8, 4) is 0 Å². The van der Waals surface area contributed by atoms with E-state index in [-0.39, 0.29) is 0 Å². The van der Waals surface area contributed by atoms with E-state index in [9.17, 15) is 4.79 Å². The molecule has 0 saturated heterocycles. The van der Waals surface area contributed by atoms with Gasteiger partial charge in [0, 0.05) is 0 Å². The van der Waals surface area contributed by atoms with Crippen LogP contribution in [0.5, 0.6) is 0 Å². The highest BCUT2D eigenvalue weighted by atomic mass is 16.1. The molecule has 0 aliphatic rings. The maximum atomic E-state index is 9.80. The van der Waals surface area contributed by atoms with E-state index in [0.717, 1.165) is 0 Å². The summed E-state index contributed by atoms with van der Waals surface area (Å²) in [6, 6.07) is -0.509. The van der Waals surface area contributed by atoms with Crippen LogP contribution < -0.4 is 11.5 Å². The monoisotopic (exact) mass is 188 g/mol. The average Bonchev–Trinajstić information content (AvgIpc) is 1.85. The van der Waals surface area contributed by atoms with E-state index in [1.165, 1.54) is 12.8 Å². The fourth-order valence-electron chi connectivity index (χ4n) is 0.750. The van der Waals surface area contributed by atoms with Crippen LogP contribution in [0.2, 0.25) is 0 Å². The molecule has 3 nitrogen and oxygen atoms in total. The van der Waals surface area contributed by atoms with Crippen molar-refractivity contribution >= 4 is 5.91 Å². The number of carbonyl (C=O) groups is 1. The van der Waals surface area contributed by atoms with Crippen LogP contribution in [0.25, 0.3) is 0 Å². The molecule has 0 aliphatic carbocycles. The Bertz CT molecular complexity index is 136. The number of amides is 1. The highest BCUT2D eigenvalue weighted by molar-refractivity contribution is 5.78. The number of primary amides is 1. The first-order valence-corrected chi connectivity index (χ1v) is 4.75. The van der Waals surface area contributed by atoms with E-state index in [1.54, 1.807) is 6.92 Å². The molecule has 0 radical (unpaired) electrons. The minimum absolute atomic E-state index is 0.463. The summed E-state index contributed by atoms with van der Waals surface area (Å²) < 4.78 is 0. The molecule has 0 aromatic rings. The summed E-state index contributed by atoms with van der Waals surface area (Å²) in [5, 5.41) is 0. The van der Waals surface area contributed by atoms with Crippen LogP contribution in [-0.4, -0.2) is 11.9 Å². The SMILES string of the molecule is CCCC(C)(C)C.C[C@H](N)C(N)=O. The number of hydrogen-bond acceptors (Lipinski definition) is 2. The Morgan fingerprint density at radius 2 is 1.69 bits per heavy atom. The lowest BCUT2D eigenvalue weighted by atomic mass is 9.91. The Labute approximate surface area is 81.9 Å². The van der Waals surface area contributed by atoms with Crippen LogP contribution >= 0.6 is 0 Å². The van der Waals surface area contributed by atoms with Crippen molar-refractivity contribution in [3.05, 3.63) is 0 Å². The van der Waals surface area contributed by atoms with Gasteiger partial charge in [0.15, 0.2) is 0 Å². The molecule has 0 fully saturated rings. The van der Waals surface area contributed by atoms with Gasteiger partial charge in [0.2, 0.25) is 5.91 Å². The van der Waals surface area contributed by atoms with Crippen molar-refractivity contribution in [2.45, 2.75) is 53.5 Å². The number of rotatable bonds is 2. The molecule has 1 atom stereocenters. The van der Waals surface area contributed by atoms with Gasteiger partial charge in [0.25, 0.3) is 0 Å². The van der Waals surface area contributed by atoms with E-state index in [0.29, 0.717) is 5.41 Å². The highest BCUT2D eigenvalue weighted by Crippen LogP contribution is 2.19. The minimum atomic E-state index is -0.509. The molecule has 0 heterocycles. The molecule has 0 aromatic heterocycles. The first-order chi connectivity index (χ1) is 5.70. The van der Waals surface area contributed by atoms with E-state index in [4.69, 9.17) is 5.73 Å². The standard InChI is InChI=1S/C7H16.C3H8N2O/c1-5-6-7(2,3)4;1-2(4)3(5)6/h5-6H2,1-4H3;2H,4H2,1H3,(H2,5,6)/t;2-/m.0/s1. The minimum Gasteiger partial charge on any atom is -0.368 e. The van der Waals surface area contributed by atoms with Gasteiger partial charge in [-0.15, -0.1) is 0 Å². The van der Waals surface area contributed by atoms with Crippen LogP contribution in [0.15, 0.2) is 0 Å². The molecule has 0 bridgehead atoms. The number of hydrogen-bond donors (Lipinski definition) is 2. The molecule has 0 aliphatic heterocycles. The Balaban J connectivity index is 0. The third-order valence-corrected chi connectivity index (χ3v) is 1.45. The molecule has 80 valence electrons. The zero-order valence-corrected chi connectivity index (χ0v) is 9.55. The van der Waals surface area contributed by atoms with Gasteiger partial charge < -0.3 is 11.5 Å². The predicted octanol–water partition coefficient (Wildman–Crippen LogP) is 1.65. The van der Waals surface area contributed by atoms with Gasteiger partial charge in [0.1, 0.15) is 0 Å². The number of nitrogens with two attached hydrogens (primary N) is 2. The normalized spacial score (nSPS) is 12.8. The largest absolute Gasteiger partial charge is 0.368 e. The van der Waals surface area contributed by atoms with E-state index >= 15 is 0 Å². The molecule has 0 unspecified atom stereocenters. The van der Waals surface area contributed by atoms with Crippen LogP contribution in [-0.2, 0) is 4.79 Å². The summed E-state index contributed by atoms with van der Waals surface area (Å²) in [6.07, 6.45) is 2.65. The van der Waals surface area contributed by atoms with Gasteiger partial charge in [-0.3, -0.25) is 4.79 Å². The molecule has 13 heavy (non-hydrogen) atoms. The first-order valence-electron chi connectivity index (χ1n) is 4.75. The van der Waals surface area contributed by atoms with Crippen molar-refractivity contribution < 1.29 is 4.79 Å². The van der Waals surface area contributed by atoms with Gasteiger partial charge in [-0.05, 0) is 18.8 Å². The smallest absolute Gasteiger partial charge is 0.234 e. The molecular weight excluding hydrogens is 164 g/mol. The van der Waals surface area contributed by atoms with Crippen molar-refractivity contribution in [2.24, 2.45) is 16.9 Å². The fourth-order valence-corrected chi connectivity index (χ4v) is 0.750. The van der Waals surface area contributed by atoms with Crippen LogP contribution in [0.3, 0.4) is 0 Å². The lowest BCUT2D eigenvalue weighted by Gasteiger charge is -2.15. The molecule has 0 rings (SSSR count). The van der Waals surface area contributed by atoms with Crippen molar-refractivity contribution in [1.82, 2.24) is 0 Å². The fraction of sp³-hybridized carbons (Fsp3) is 0.900. The topological polar surface area (TPSA) is 69.1 Å². The molecule has 0 saturated carbocycles. The Morgan fingerprint density at radius 1 is 1.38 bits per heavy atom. The number of carbonyl (C=O) groups excluding carboxylic acids is 1. The molecule has 3 heteroatoms. The second kappa shape index (κ2) is 6.89. The Kier molecular flexibility index (Phi) is 7.92. The molecule has 4 N–H and O–H groups in total. The lowest BCUT2D eigenvalue weighted by molar-refractivity contribution is -0.118. The van der Waals surface area contributed by atoms with Gasteiger partial charge >= 0.3 is 0 Å². The van der Waals surface area contributed by atoms with Crippen LogP contribution in [0.4, 0.5) is 0 Å². The van der Waals surface area contributed by atoms with Crippen LogP contribution in [0, 0.1) is 5.41 Å². The van der Waals surface area contributed by atoms with E-state index in [2.05, 4.69) is 33.4 Å². The summed E-state index contributed by atoms with van der Waals surface area (Å²) in [5.74, 6) is -0.463. The average molecular weight is 188 g/mol. The second-order valence-corrected chi connectivity index (χ2v) is 4.50. The summed E-state index contributed by atoms with van der Waals surface area (Å²) >= 11 is 0. The van der Waals surface area contributed by atoms with Gasteiger partial charge in [-0.25, -0.2) is 0 Å². The quantitative estimate of drug-likeness (QED) is 0.692. The highest BCUT2D eigenvalue weighted by Gasteiger charge is 2.06. The maximum Gasteiger partial charge on any atom is 0.234 e. The molecular formula is C10H24N2O. The van der Waals surface area contributed by atoms with Gasteiger partial charge in [-0.2, -0.15) is 0 Å². The van der Waals surface area contributed by atoms with Gasteiger partial charge in [-0.1, -0.05) is 34.1 Å². The maximum absolute atomic E-state index is 9.80. The zero-order chi connectivity index (χ0) is 11.1.